The molecule has 0 spiro atoms. The highest BCUT2D eigenvalue weighted by Gasteiger charge is 2.34. The number of ether oxygens (including phenoxy) is 2. The Morgan fingerprint density at radius 2 is 1.97 bits per heavy atom. The zero-order chi connectivity index (χ0) is 23.4. The molecule has 3 aliphatic rings. The molecule has 0 amide bonds. The Morgan fingerprint density at radius 3 is 2.76 bits per heavy atom. The predicted octanol–water partition coefficient (Wildman–Crippen LogP) is 4.66. The first-order chi connectivity index (χ1) is 16.5. The molecular weight excluding hydrogens is 461 g/mol. The van der Waals surface area contributed by atoms with E-state index in [0.29, 0.717) is 55.1 Å². The highest BCUT2D eigenvalue weighted by atomic mass is 35.5. The third kappa shape index (κ3) is 3.34. The maximum Gasteiger partial charge on any atom is 0.350 e. The number of aromatic hydroxyl groups is 1. The topological polar surface area (TPSA) is 76.8 Å². The number of phenolic OH excluding ortho intramolecular Hbond substituents is 1. The van der Waals surface area contributed by atoms with Crippen molar-refractivity contribution in [2.45, 2.75) is 44.2 Å². The fourth-order valence-corrected chi connectivity index (χ4v) is 5.86. The summed E-state index contributed by atoms with van der Waals surface area (Å²) in [6.07, 6.45) is 4.35. The Labute approximate surface area is 200 Å². The summed E-state index contributed by atoms with van der Waals surface area (Å²) in [5.41, 5.74) is 0.514. The number of phenols is 1. The summed E-state index contributed by atoms with van der Waals surface area (Å²) in [6, 6.07) is 5.80. The van der Waals surface area contributed by atoms with Crippen LogP contribution in [0.5, 0.6) is 11.5 Å². The van der Waals surface area contributed by atoms with Gasteiger partial charge in [0, 0.05) is 31.4 Å². The van der Waals surface area contributed by atoms with Crippen LogP contribution in [0.15, 0.2) is 29.1 Å². The molecule has 2 fully saturated rings. The smallest absolute Gasteiger partial charge is 0.350 e. The largest absolute Gasteiger partial charge is 0.507 e. The third-order valence-electron chi connectivity index (χ3n) is 7.23. The Balaban J connectivity index is 1.70. The molecule has 3 aliphatic heterocycles. The van der Waals surface area contributed by atoms with E-state index in [1.807, 2.05) is 0 Å². The van der Waals surface area contributed by atoms with E-state index in [0.717, 1.165) is 25.8 Å². The summed E-state index contributed by atoms with van der Waals surface area (Å²) >= 11 is 6.86. The van der Waals surface area contributed by atoms with E-state index in [1.165, 1.54) is 18.2 Å². The summed E-state index contributed by atoms with van der Waals surface area (Å²) < 4.78 is 28.4. The number of benzene rings is 2. The molecule has 0 radical (unpaired) electrons. The van der Waals surface area contributed by atoms with E-state index in [-0.39, 0.29) is 39.7 Å². The number of fused-ring (bicyclic) bond motifs is 2. The van der Waals surface area contributed by atoms with Crippen LogP contribution in [-0.4, -0.2) is 47.1 Å². The van der Waals surface area contributed by atoms with Gasteiger partial charge in [-0.2, -0.15) is 4.98 Å². The normalized spacial score (nSPS) is 20.6. The van der Waals surface area contributed by atoms with Crippen molar-refractivity contribution in [3.63, 3.8) is 0 Å². The van der Waals surface area contributed by atoms with Crippen LogP contribution in [0.3, 0.4) is 0 Å². The van der Waals surface area contributed by atoms with Gasteiger partial charge in [0.15, 0.2) is 5.75 Å². The summed E-state index contributed by atoms with van der Waals surface area (Å²) in [4.78, 5) is 20.2. The lowest BCUT2D eigenvalue weighted by molar-refractivity contribution is 0.0695. The van der Waals surface area contributed by atoms with Crippen LogP contribution in [0.4, 0.5) is 10.2 Å². The average molecular weight is 486 g/mol. The SMILES string of the molecule is O=c1nc2c3c(c(Cl)c(-c4c(O)cccc4F)cc3n1C1CCOCC1)OC[C@@H]1CCCCN21. The molecule has 34 heavy (non-hydrogen) atoms. The van der Waals surface area contributed by atoms with E-state index >= 15 is 0 Å². The van der Waals surface area contributed by atoms with Crippen molar-refractivity contribution in [3.05, 3.63) is 45.6 Å². The highest BCUT2D eigenvalue weighted by molar-refractivity contribution is 6.36. The quantitative estimate of drug-likeness (QED) is 0.568. The first-order valence-corrected chi connectivity index (χ1v) is 12.2. The second kappa shape index (κ2) is 8.43. The van der Waals surface area contributed by atoms with Crippen LogP contribution in [0, 0.1) is 5.82 Å². The van der Waals surface area contributed by atoms with Crippen LogP contribution in [0.1, 0.15) is 38.1 Å². The molecule has 1 atom stereocenters. The van der Waals surface area contributed by atoms with Crippen molar-refractivity contribution >= 4 is 28.3 Å². The zero-order valence-corrected chi connectivity index (χ0v) is 19.4. The summed E-state index contributed by atoms with van der Waals surface area (Å²) in [7, 11) is 0. The predicted molar refractivity (Wildman–Crippen MR) is 128 cm³/mol. The van der Waals surface area contributed by atoms with E-state index < -0.39 is 5.82 Å². The van der Waals surface area contributed by atoms with Gasteiger partial charge in [-0.1, -0.05) is 17.7 Å². The Bertz CT molecular complexity index is 1320. The Kier molecular flexibility index (Phi) is 5.37. The molecule has 0 aliphatic carbocycles. The fourth-order valence-electron chi connectivity index (χ4n) is 5.56. The molecule has 0 saturated carbocycles. The first-order valence-electron chi connectivity index (χ1n) is 11.8. The fraction of sp³-hybridized carbons (Fsp3) is 0.440. The number of rotatable bonds is 2. The molecule has 0 bridgehead atoms. The molecule has 0 unspecified atom stereocenters. The van der Waals surface area contributed by atoms with Crippen molar-refractivity contribution in [2.24, 2.45) is 0 Å². The maximum atomic E-state index is 14.9. The minimum Gasteiger partial charge on any atom is -0.507 e. The molecule has 3 aromatic rings. The van der Waals surface area contributed by atoms with Gasteiger partial charge in [0.05, 0.1) is 27.5 Å². The van der Waals surface area contributed by atoms with Gasteiger partial charge >= 0.3 is 5.69 Å². The number of piperidine rings is 1. The lowest BCUT2D eigenvalue weighted by atomic mass is 9.99. The van der Waals surface area contributed by atoms with Crippen molar-refractivity contribution in [3.8, 4) is 22.6 Å². The Morgan fingerprint density at radius 1 is 1.15 bits per heavy atom. The average Bonchev–Trinajstić information content (AvgIpc) is 3.00. The van der Waals surface area contributed by atoms with E-state index in [1.54, 1.807) is 10.6 Å². The molecule has 9 heteroatoms. The van der Waals surface area contributed by atoms with Crippen LogP contribution in [-0.2, 0) is 4.74 Å². The number of hydrogen-bond donors (Lipinski definition) is 1. The van der Waals surface area contributed by atoms with Crippen LogP contribution in [0.2, 0.25) is 5.02 Å². The van der Waals surface area contributed by atoms with Gasteiger partial charge in [-0.05, 0) is 50.3 Å². The summed E-state index contributed by atoms with van der Waals surface area (Å²) in [6.45, 7) is 2.27. The van der Waals surface area contributed by atoms with Crippen LogP contribution >= 0.6 is 11.6 Å². The van der Waals surface area contributed by atoms with Crippen molar-refractivity contribution < 1.29 is 19.0 Å². The van der Waals surface area contributed by atoms with Gasteiger partial charge in [-0.3, -0.25) is 4.57 Å². The molecule has 7 nitrogen and oxygen atoms in total. The third-order valence-corrected chi connectivity index (χ3v) is 7.60. The minimum absolute atomic E-state index is 0.0134. The van der Waals surface area contributed by atoms with Crippen molar-refractivity contribution in [1.29, 1.82) is 0 Å². The van der Waals surface area contributed by atoms with Crippen molar-refractivity contribution in [1.82, 2.24) is 9.55 Å². The lowest BCUT2D eigenvalue weighted by Gasteiger charge is -2.35. The second-order valence-corrected chi connectivity index (χ2v) is 9.56. The summed E-state index contributed by atoms with van der Waals surface area (Å²) in [5, 5.41) is 11.4. The highest BCUT2D eigenvalue weighted by Crippen LogP contribution is 2.49. The minimum atomic E-state index is -0.603. The molecule has 6 rings (SSSR count). The van der Waals surface area contributed by atoms with E-state index in [4.69, 9.17) is 21.1 Å². The van der Waals surface area contributed by atoms with Gasteiger partial charge < -0.3 is 19.5 Å². The standard InChI is InChI=1S/C25H25ClFN3O4/c26-22-16(20-17(27)5-3-6-19(20)31)12-18-21-23(22)34-13-15-4-1-2-9-29(15)24(21)28-25(32)30(18)14-7-10-33-11-8-14/h3,5-6,12,14-15,31H,1-2,4,7-11,13H2/t15-/m0/s1. The van der Waals surface area contributed by atoms with Gasteiger partial charge in [0.25, 0.3) is 0 Å². The maximum absolute atomic E-state index is 14.9. The molecule has 2 saturated heterocycles. The van der Waals surface area contributed by atoms with Crippen LogP contribution in [0.25, 0.3) is 22.0 Å². The molecule has 1 aromatic heterocycles. The molecule has 1 N–H and O–H groups in total. The monoisotopic (exact) mass is 485 g/mol. The summed E-state index contributed by atoms with van der Waals surface area (Å²) in [5.74, 6) is 0.128. The second-order valence-electron chi connectivity index (χ2n) is 9.18. The van der Waals surface area contributed by atoms with Crippen molar-refractivity contribution in [2.75, 3.05) is 31.3 Å². The van der Waals surface area contributed by atoms with Gasteiger partial charge in [-0.15, -0.1) is 0 Å². The Hall–Kier alpha value is -2.84. The van der Waals surface area contributed by atoms with Gasteiger partial charge in [-0.25, -0.2) is 9.18 Å². The van der Waals surface area contributed by atoms with Gasteiger partial charge in [0.1, 0.15) is 24.0 Å². The molecule has 178 valence electrons. The number of halogens is 2. The molecule has 4 heterocycles. The first kappa shape index (κ1) is 21.7. The number of nitrogens with zero attached hydrogens (tertiary/aromatic N) is 3. The number of aromatic nitrogens is 2. The van der Waals surface area contributed by atoms with Gasteiger partial charge in [0.2, 0.25) is 0 Å². The van der Waals surface area contributed by atoms with E-state index in [9.17, 15) is 14.3 Å². The number of anilines is 1. The van der Waals surface area contributed by atoms with E-state index in [2.05, 4.69) is 9.88 Å². The van der Waals surface area contributed by atoms with Crippen LogP contribution < -0.4 is 15.3 Å². The molecule has 2 aromatic carbocycles. The zero-order valence-electron chi connectivity index (χ0n) is 18.6. The molecular formula is C25H25ClFN3O4. The number of hydrogen-bond acceptors (Lipinski definition) is 6. The lowest BCUT2D eigenvalue weighted by Crippen LogP contribution is -2.44.